The highest BCUT2D eigenvalue weighted by atomic mass is 19.3. The quantitative estimate of drug-likeness (QED) is 0.633. The number of nitrogens with zero attached hydrogens (tertiary/aromatic N) is 3. The van der Waals surface area contributed by atoms with Gasteiger partial charge in [-0.3, -0.25) is 10.1 Å². The first kappa shape index (κ1) is 14.5. The summed E-state index contributed by atoms with van der Waals surface area (Å²) in [6, 6.07) is 4.54. The fourth-order valence-corrected chi connectivity index (χ4v) is 2.33. The monoisotopic (exact) mass is 285 g/mol. The second-order valence-electron chi connectivity index (χ2n) is 5.17. The highest BCUT2D eigenvalue weighted by molar-refractivity contribution is 5.74. The zero-order valence-electron chi connectivity index (χ0n) is 11.5. The molecule has 0 aromatic heterocycles. The van der Waals surface area contributed by atoms with Gasteiger partial charge in [-0.2, -0.15) is 0 Å². The zero-order chi connectivity index (χ0) is 14.9. The molecule has 0 atom stereocenters. The summed E-state index contributed by atoms with van der Waals surface area (Å²) < 4.78 is 26.4. The molecule has 1 aromatic rings. The average Bonchev–Trinajstić information content (AvgIpc) is 2.37. The predicted octanol–water partition coefficient (Wildman–Crippen LogP) is 2.90. The molecule has 1 aromatic carbocycles. The van der Waals surface area contributed by atoms with Crippen molar-refractivity contribution in [3.05, 3.63) is 28.3 Å². The van der Waals surface area contributed by atoms with Crippen LogP contribution in [0.25, 0.3) is 0 Å². The van der Waals surface area contributed by atoms with Crippen molar-refractivity contribution in [2.75, 3.05) is 37.0 Å². The molecule has 1 fully saturated rings. The van der Waals surface area contributed by atoms with Gasteiger partial charge in [0, 0.05) is 52.2 Å². The lowest BCUT2D eigenvalue weighted by Crippen LogP contribution is -2.39. The van der Waals surface area contributed by atoms with Crippen molar-refractivity contribution >= 4 is 17.1 Å². The molecule has 0 radical (unpaired) electrons. The molecular formula is C13H17F2N3O2. The first-order valence-corrected chi connectivity index (χ1v) is 6.39. The molecule has 0 saturated carbocycles. The third-order valence-corrected chi connectivity index (χ3v) is 3.49. The van der Waals surface area contributed by atoms with Crippen LogP contribution in [0.3, 0.4) is 0 Å². The van der Waals surface area contributed by atoms with Gasteiger partial charge in [-0.15, -0.1) is 0 Å². The van der Waals surface area contributed by atoms with E-state index in [9.17, 15) is 18.9 Å². The standard InChI is InChI=1S/C13H17F2N3O2/c1-16(2)11-4-3-10(18(19)20)9-12(11)17-7-5-13(14,15)6-8-17/h3-4,9H,5-8H2,1-2H3. The molecule has 1 heterocycles. The van der Waals surface area contributed by atoms with Crippen molar-refractivity contribution in [1.82, 2.24) is 0 Å². The van der Waals surface area contributed by atoms with Gasteiger partial charge in [-0.05, 0) is 6.07 Å². The van der Waals surface area contributed by atoms with E-state index in [1.807, 2.05) is 19.0 Å². The summed E-state index contributed by atoms with van der Waals surface area (Å²) >= 11 is 0. The number of nitro groups is 1. The number of rotatable bonds is 3. The molecule has 0 amide bonds. The minimum Gasteiger partial charge on any atom is -0.376 e. The Morgan fingerprint density at radius 3 is 2.40 bits per heavy atom. The summed E-state index contributed by atoms with van der Waals surface area (Å²) in [6.45, 7) is 0.407. The van der Waals surface area contributed by atoms with Crippen LogP contribution in [0.2, 0.25) is 0 Å². The third kappa shape index (κ3) is 2.97. The van der Waals surface area contributed by atoms with Gasteiger partial charge < -0.3 is 9.80 Å². The Bertz CT molecular complexity index is 510. The number of halogens is 2. The summed E-state index contributed by atoms with van der Waals surface area (Å²) in [5.74, 6) is -2.63. The van der Waals surface area contributed by atoms with E-state index in [2.05, 4.69) is 0 Å². The lowest BCUT2D eigenvalue weighted by Gasteiger charge is -2.35. The second-order valence-corrected chi connectivity index (χ2v) is 5.17. The molecular weight excluding hydrogens is 268 g/mol. The molecule has 20 heavy (non-hydrogen) atoms. The topological polar surface area (TPSA) is 49.6 Å². The van der Waals surface area contributed by atoms with E-state index in [0.717, 1.165) is 5.69 Å². The smallest absolute Gasteiger partial charge is 0.271 e. The largest absolute Gasteiger partial charge is 0.376 e. The van der Waals surface area contributed by atoms with Crippen molar-refractivity contribution in [2.45, 2.75) is 18.8 Å². The molecule has 2 rings (SSSR count). The molecule has 7 heteroatoms. The number of nitro benzene ring substituents is 1. The van der Waals surface area contributed by atoms with E-state index in [1.54, 1.807) is 11.0 Å². The van der Waals surface area contributed by atoms with Crippen molar-refractivity contribution in [1.29, 1.82) is 0 Å². The molecule has 0 spiro atoms. The van der Waals surface area contributed by atoms with Crippen LogP contribution in [0.5, 0.6) is 0 Å². The average molecular weight is 285 g/mol. The molecule has 110 valence electrons. The summed E-state index contributed by atoms with van der Waals surface area (Å²) in [5.41, 5.74) is 1.41. The van der Waals surface area contributed by atoms with Crippen molar-refractivity contribution in [3.8, 4) is 0 Å². The lowest BCUT2D eigenvalue weighted by atomic mass is 10.1. The van der Waals surface area contributed by atoms with E-state index in [4.69, 9.17) is 0 Å². The van der Waals surface area contributed by atoms with E-state index < -0.39 is 10.8 Å². The van der Waals surface area contributed by atoms with Crippen molar-refractivity contribution in [2.24, 2.45) is 0 Å². The summed E-state index contributed by atoms with van der Waals surface area (Å²) in [6.07, 6.45) is -0.439. The maximum absolute atomic E-state index is 13.2. The van der Waals surface area contributed by atoms with Gasteiger partial charge in [0.2, 0.25) is 0 Å². The van der Waals surface area contributed by atoms with Gasteiger partial charge in [-0.1, -0.05) is 0 Å². The Hall–Kier alpha value is -1.92. The number of anilines is 2. The summed E-state index contributed by atoms with van der Waals surface area (Å²) in [7, 11) is 3.65. The van der Waals surface area contributed by atoms with Gasteiger partial charge in [0.1, 0.15) is 0 Å². The van der Waals surface area contributed by atoms with Crippen LogP contribution in [-0.2, 0) is 0 Å². The Balaban J connectivity index is 2.33. The number of hydrogen-bond donors (Lipinski definition) is 0. The number of piperidine rings is 1. The van der Waals surface area contributed by atoms with Crippen LogP contribution in [0, 0.1) is 10.1 Å². The Labute approximate surface area is 115 Å². The van der Waals surface area contributed by atoms with Crippen LogP contribution in [-0.4, -0.2) is 38.0 Å². The van der Waals surface area contributed by atoms with Gasteiger partial charge in [0.15, 0.2) is 0 Å². The first-order chi connectivity index (χ1) is 9.30. The molecule has 0 aliphatic carbocycles. The molecule has 0 bridgehead atoms. The van der Waals surface area contributed by atoms with Gasteiger partial charge >= 0.3 is 0 Å². The van der Waals surface area contributed by atoms with E-state index in [-0.39, 0.29) is 31.6 Å². The van der Waals surface area contributed by atoms with Gasteiger partial charge in [0.05, 0.1) is 16.3 Å². The highest BCUT2D eigenvalue weighted by Gasteiger charge is 2.35. The maximum Gasteiger partial charge on any atom is 0.271 e. The van der Waals surface area contributed by atoms with E-state index in [1.165, 1.54) is 12.1 Å². The normalized spacial score (nSPS) is 17.9. The fourth-order valence-electron chi connectivity index (χ4n) is 2.33. The third-order valence-electron chi connectivity index (χ3n) is 3.49. The first-order valence-electron chi connectivity index (χ1n) is 6.39. The van der Waals surface area contributed by atoms with Gasteiger partial charge in [0.25, 0.3) is 11.6 Å². The summed E-state index contributed by atoms with van der Waals surface area (Å²) in [5, 5.41) is 10.9. The van der Waals surface area contributed by atoms with Crippen LogP contribution in [0.1, 0.15) is 12.8 Å². The van der Waals surface area contributed by atoms with Crippen LogP contribution in [0.4, 0.5) is 25.8 Å². The molecule has 5 nitrogen and oxygen atoms in total. The number of hydrogen-bond acceptors (Lipinski definition) is 4. The number of benzene rings is 1. The minimum absolute atomic E-state index is 0.0251. The van der Waals surface area contributed by atoms with Crippen molar-refractivity contribution < 1.29 is 13.7 Å². The van der Waals surface area contributed by atoms with Crippen LogP contribution in [0.15, 0.2) is 18.2 Å². The minimum atomic E-state index is -2.63. The molecule has 1 aliphatic heterocycles. The number of alkyl halides is 2. The van der Waals surface area contributed by atoms with E-state index >= 15 is 0 Å². The Morgan fingerprint density at radius 1 is 1.30 bits per heavy atom. The molecule has 1 saturated heterocycles. The van der Waals surface area contributed by atoms with Crippen LogP contribution >= 0.6 is 0 Å². The molecule has 0 unspecified atom stereocenters. The predicted molar refractivity (Wildman–Crippen MR) is 73.8 cm³/mol. The zero-order valence-corrected chi connectivity index (χ0v) is 11.5. The SMILES string of the molecule is CN(C)c1ccc([N+](=O)[O-])cc1N1CCC(F)(F)CC1. The number of non-ortho nitro benzene ring substituents is 1. The molecule has 1 aliphatic rings. The lowest BCUT2D eigenvalue weighted by molar-refractivity contribution is -0.384. The fraction of sp³-hybridized carbons (Fsp3) is 0.538. The van der Waals surface area contributed by atoms with Crippen molar-refractivity contribution in [3.63, 3.8) is 0 Å². The Kier molecular flexibility index (Phi) is 3.78. The summed E-state index contributed by atoms with van der Waals surface area (Å²) in [4.78, 5) is 14.0. The second kappa shape index (κ2) is 5.22. The van der Waals surface area contributed by atoms with Crippen LogP contribution < -0.4 is 9.80 Å². The molecule has 0 N–H and O–H groups in total. The van der Waals surface area contributed by atoms with Gasteiger partial charge in [-0.25, -0.2) is 8.78 Å². The Morgan fingerprint density at radius 2 is 1.90 bits per heavy atom. The highest BCUT2D eigenvalue weighted by Crippen LogP contribution is 2.36. The maximum atomic E-state index is 13.2. The van der Waals surface area contributed by atoms with E-state index in [0.29, 0.717) is 5.69 Å².